The predicted octanol–water partition coefficient (Wildman–Crippen LogP) is 4.25. The molecule has 0 amide bonds. The first-order chi connectivity index (χ1) is 8.74. The zero-order valence-corrected chi connectivity index (χ0v) is 11.6. The van der Waals surface area contributed by atoms with Crippen LogP contribution in [-0.2, 0) is 4.74 Å². The number of ether oxygens (including phenoxy) is 1. The lowest BCUT2D eigenvalue weighted by Gasteiger charge is -2.04. The SMILES string of the molecule is CCCCCCCCOC(=O)c1ccnc(Cl)c1. The zero-order chi connectivity index (χ0) is 13.2. The van der Waals surface area contributed by atoms with Crippen molar-refractivity contribution in [3.8, 4) is 0 Å². The molecule has 0 aliphatic rings. The van der Waals surface area contributed by atoms with Crippen LogP contribution in [0.25, 0.3) is 0 Å². The smallest absolute Gasteiger partial charge is 0.338 e. The Hall–Kier alpha value is -1.09. The molecule has 0 N–H and O–H groups in total. The maximum Gasteiger partial charge on any atom is 0.338 e. The van der Waals surface area contributed by atoms with E-state index in [1.807, 2.05) is 0 Å². The largest absolute Gasteiger partial charge is 0.462 e. The number of hydrogen-bond donors (Lipinski definition) is 0. The van der Waals surface area contributed by atoms with E-state index in [-0.39, 0.29) is 5.97 Å². The summed E-state index contributed by atoms with van der Waals surface area (Å²) in [5.41, 5.74) is 0.459. The quantitative estimate of drug-likeness (QED) is 0.402. The first-order valence-electron chi connectivity index (χ1n) is 6.52. The van der Waals surface area contributed by atoms with Gasteiger partial charge in [0.15, 0.2) is 0 Å². The summed E-state index contributed by atoms with van der Waals surface area (Å²) in [7, 11) is 0. The number of nitrogens with zero attached hydrogens (tertiary/aromatic N) is 1. The Balaban J connectivity index is 2.14. The molecule has 0 bridgehead atoms. The molecule has 0 aliphatic heterocycles. The Kier molecular flexibility index (Phi) is 7.42. The fourth-order valence-electron chi connectivity index (χ4n) is 1.66. The molecule has 0 atom stereocenters. The van der Waals surface area contributed by atoms with Gasteiger partial charge in [0, 0.05) is 6.20 Å². The number of rotatable bonds is 8. The van der Waals surface area contributed by atoms with E-state index in [1.54, 1.807) is 6.07 Å². The maximum absolute atomic E-state index is 11.6. The fraction of sp³-hybridized carbons (Fsp3) is 0.571. The molecule has 0 fully saturated rings. The lowest BCUT2D eigenvalue weighted by molar-refractivity contribution is 0.0497. The van der Waals surface area contributed by atoms with Gasteiger partial charge in [-0.05, 0) is 18.6 Å². The molecule has 0 saturated carbocycles. The summed E-state index contributed by atoms with van der Waals surface area (Å²) >= 11 is 5.70. The summed E-state index contributed by atoms with van der Waals surface area (Å²) in [4.78, 5) is 15.4. The third kappa shape index (κ3) is 6.01. The number of unbranched alkanes of at least 4 members (excludes halogenated alkanes) is 5. The molecule has 1 aromatic heterocycles. The molecule has 4 heteroatoms. The summed E-state index contributed by atoms with van der Waals surface area (Å²) in [6.45, 7) is 2.67. The highest BCUT2D eigenvalue weighted by molar-refractivity contribution is 6.29. The highest BCUT2D eigenvalue weighted by Crippen LogP contribution is 2.09. The zero-order valence-electron chi connectivity index (χ0n) is 10.8. The number of pyridine rings is 1. The van der Waals surface area contributed by atoms with Gasteiger partial charge in [-0.3, -0.25) is 0 Å². The van der Waals surface area contributed by atoms with E-state index in [9.17, 15) is 4.79 Å². The van der Waals surface area contributed by atoms with E-state index in [1.165, 1.54) is 37.9 Å². The Morgan fingerprint density at radius 3 is 2.72 bits per heavy atom. The van der Waals surface area contributed by atoms with Gasteiger partial charge in [-0.1, -0.05) is 50.6 Å². The topological polar surface area (TPSA) is 39.2 Å². The number of carbonyl (C=O) groups excluding carboxylic acids is 1. The molecule has 1 rings (SSSR count). The molecule has 1 aromatic rings. The van der Waals surface area contributed by atoms with Crippen molar-refractivity contribution in [2.45, 2.75) is 45.4 Å². The van der Waals surface area contributed by atoms with Gasteiger partial charge in [0.25, 0.3) is 0 Å². The first-order valence-corrected chi connectivity index (χ1v) is 6.90. The molecule has 0 spiro atoms. The van der Waals surface area contributed by atoms with Crippen molar-refractivity contribution < 1.29 is 9.53 Å². The van der Waals surface area contributed by atoms with E-state index in [2.05, 4.69) is 11.9 Å². The van der Waals surface area contributed by atoms with Crippen LogP contribution in [0.15, 0.2) is 18.3 Å². The van der Waals surface area contributed by atoms with Crippen molar-refractivity contribution in [1.29, 1.82) is 0 Å². The molecular formula is C14H20ClNO2. The third-order valence-electron chi connectivity index (χ3n) is 2.69. The van der Waals surface area contributed by atoms with Gasteiger partial charge < -0.3 is 4.74 Å². The molecule has 0 aromatic carbocycles. The van der Waals surface area contributed by atoms with Gasteiger partial charge in [0.1, 0.15) is 5.15 Å². The van der Waals surface area contributed by atoms with E-state index in [4.69, 9.17) is 16.3 Å². The van der Waals surface area contributed by atoms with Crippen LogP contribution in [0.3, 0.4) is 0 Å². The summed E-state index contributed by atoms with van der Waals surface area (Å²) in [5, 5.41) is 0.309. The van der Waals surface area contributed by atoms with Crippen LogP contribution in [0.4, 0.5) is 0 Å². The van der Waals surface area contributed by atoms with E-state index in [0.29, 0.717) is 17.3 Å². The van der Waals surface area contributed by atoms with Crippen molar-refractivity contribution in [2.24, 2.45) is 0 Å². The highest BCUT2D eigenvalue weighted by Gasteiger charge is 2.07. The van der Waals surface area contributed by atoms with Gasteiger partial charge in [-0.15, -0.1) is 0 Å². The molecule has 0 unspecified atom stereocenters. The van der Waals surface area contributed by atoms with Crippen LogP contribution in [0.5, 0.6) is 0 Å². The molecule has 18 heavy (non-hydrogen) atoms. The van der Waals surface area contributed by atoms with Crippen LogP contribution in [-0.4, -0.2) is 17.6 Å². The second-order valence-electron chi connectivity index (χ2n) is 4.27. The van der Waals surface area contributed by atoms with Crippen molar-refractivity contribution in [3.63, 3.8) is 0 Å². The number of aromatic nitrogens is 1. The molecular weight excluding hydrogens is 250 g/mol. The molecule has 0 radical (unpaired) electrons. The van der Waals surface area contributed by atoms with Gasteiger partial charge in [-0.25, -0.2) is 9.78 Å². The summed E-state index contributed by atoms with van der Waals surface area (Å²) < 4.78 is 5.16. The standard InChI is InChI=1S/C14H20ClNO2/c1-2-3-4-5-6-7-10-18-14(17)12-8-9-16-13(15)11-12/h8-9,11H,2-7,10H2,1H3. The summed E-state index contributed by atoms with van der Waals surface area (Å²) in [5.74, 6) is -0.326. The third-order valence-corrected chi connectivity index (χ3v) is 2.90. The van der Waals surface area contributed by atoms with Crippen LogP contribution >= 0.6 is 11.6 Å². The minimum absolute atomic E-state index is 0.309. The van der Waals surface area contributed by atoms with Crippen molar-refractivity contribution in [2.75, 3.05) is 6.61 Å². The predicted molar refractivity (Wildman–Crippen MR) is 72.9 cm³/mol. The van der Waals surface area contributed by atoms with Crippen LogP contribution in [0.1, 0.15) is 55.8 Å². The van der Waals surface area contributed by atoms with E-state index < -0.39 is 0 Å². The molecule has 0 saturated heterocycles. The average Bonchev–Trinajstić information content (AvgIpc) is 2.37. The van der Waals surface area contributed by atoms with Gasteiger partial charge in [-0.2, -0.15) is 0 Å². The van der Waals surface area contributed by atoms with Gasteiger partial charge in [0.05, 0.1) is 12.2 Å². The van der Waals surface area contributed by atoms with Crippen molar-refractivity contribution in [3.05, 3.63) is 29.0 Å². The van der Waals surface area contributed by atoms with Crippen molar-refractivity contribution in [1.82, 2.24) is 4.98 Å². The highest BCUT2D eigenvalue weighted by atomic mass is 35.5. The monoisotopic (exact) mass is 269 g/mol. The molecule has 1 heterocycles. The van der Waals surface area contributed by atoms with Gasteiger partial charge >= 0.3 is 5.97 Å². The molecule has 100 valence electrons. The maximum atomic E-state index is 11.6. The van der Waals surface area contributed by atoms with Crippen LogP contribution in [0.2, 0.25) is 5.15 Å². The number of carbonyl (C=O) groups is 1. The lowest BCUT2D eigenvalue weighted by Crippen LogP contribution is -2.06. The molecule has 3 nitrogen and oxygen atoms in total. The van der Waals surface area contributed by atoms with Crippen LogP contribution < -0.4 is 0 Å². The minimum atomic E-state index is -0.326. The second kappa shape index (κ2) is 8.92. The normalized spacial score (nSPS) is 10.3. The Labute approximate surface area is 114 Å². The fourth-order valence-corrected chi connectivity index (χ4v) is 1.83. The number of halogens is 1. The first kappa shape index (κ1) is 15.0. The Morgan fingerprint density at radius 1 is 1.28 bits per heavy atom. The number of hydrogen-bond acceptors (Lipinski definition) is 3. The minimum Gasteiger partial charge on any atom is -0.462 e. The van der Waals surface area contributed by atoms with E-state index in [0.717, 1.165) is 12.8 Å². The van der Waals surface area contributed by atoms with Gasteiger partial charge in [0.2, 0.25) is 0 Å². The van der Waals surface area contributed by atoms with E-state index >= 15 is 0 Å². The Bertz CT molecular complexity index is 369. The van der Waals surface area contributed by atoms with Crippen LogP contribution in [0, 0.1) is 0 Å². The lowest BCUT2D eigenvalue weighted by atomic mass is 10.1. The second-order valence-corrected chi connectivity index (χ2v) is 4.66. The number of esters is 1. The molecule has 0 aliphatic carbocycles. The summed E-state index contributed by atoms with van der Waals surface area (Å²) in [6.07, 6.45) is 8.56. The summed E-state index contributed by atoms with van der Waals surface area (Å²) in [6, 6.07) is 3.13. The Morgan fingerprint density at radius 2 is 2.00 bits per heavy atom. The average molecular weight is 270 g/mol. The van der Waals surface area contributed by atoms with Crippen molar-refractivity contribution >= 4 is 17.6 Å².